The first-order chi connectivity index (χ1) is 5.27. The van der Waals surface area contributed by atoms with Gasteiger partial charge in [0.2, 0.25) is 0 Å². The third kappa shape index (κ3) is 2.84. The van der Waals surface area contributed by atoms with Crippen LogP contribution in [-0.2, 0) is 0 Å². The lowest BCUT2D eigenvalue weighted by Gasteiger charge is -2.23. The largest absolute Gasteiger partial charge is 0.313 e. The van der Waals surface area contributed by atoms with Gasteiger partial charge < -0.3 is 5.73 Å². The van der Waals surface area contributed by atoms with Crippen LogP contribution in [0.2, 0.25) is 6.32 Å². The molecule has 0 aromatic carbocycles. The van der Waals surface area contributed by atoms with Gasteiger partial charge in [0.1, 0.15) is 7.85 Å². The third-order valence-electron chi connectivity index (χ3n) is 2.50. The topological polar surface area (TPSA) is 38.0 Å². The highest BCUT2D eigenvalue weighted by Gasteiger charge is 2.27. The Morgan fingerprint density at radius 1 is 1.45 bits per heavy atom. The average Bonchev–Trinajstić information content (AvgIpc) is 2.38. The van der Waals surface area contributed by atoms with Crippen molar-refractivity contribution in [1.82, 2.24) is 5.32 Å². The Morgan fingerprint density at radius 3 is 2.82 bits per heavy atom. The minimum Gasteiger partial charge on any atom is -0.313 e. The fourth-order valence-electron chi connectivity index (χ4n) is 1.73. The van der Waals surface area contributed by atoms with Crippen molar-refractivity contribution in [2.75, 3.05) is 6.54 Å². The van der Waals surface area contributed by atoms with Crippen LogP contribution in [0, 0.1) is 0 Å². The predicted molar refractivity (Wildman–Crippen MR) is 51.4 cm³/mol. The molecule has 1 saturated heterocycles. The molecule has 1 unspecified atom stereocenters. The Bertz CT molecular complexity index is 111. The quantitative estimate of drug-likeness (QED) is 0.449. The zero-order valence-corrected chi connectivity index (χ0v) is 7.53. The molecule has 1 aliphatic rings. The van der Waals surface area contributed by atoms with Gasteiger partial charge in [0.05, 0.1) is 5.66 Å². The molecule has 0 amide bonds. The second kappa shape index (κ2) is 4.12. The summed E-state index contributed by atoms with van der Waals surface area (Å²) >= 11 is 0. The molecule has 1 fully saturated rings. The summed E-state index contributed by atoms with van der Waals surface area (Å²) < 4.78 is 0. The molecule has 0 aromatic rings. The van der Waals surface area contributed by atoms with E-state index in [1.165, 1.54) is 25.6 Å². The molecule has 3 heteroatoms. The number of nitrogens with two attached hydrogens (primary N) is 1. The fourth-order valence-corrected chi connectivity index (χ4v) is 1.73. The zero-order valence-electron chi connectivity index (χ0n) is 7.53. The van der Waals surface area contributed by atoms with Crippen molar-refractivity contribution in [2.24, 2.45) is 5.73 Å². The molecule has 2 nitrogen and oxygen atoms in total. The van der Waals surface area contributed by atoms with Gasteiger partial charge >= 0.3 is 0 Å². The van der Waals surface area contributed by atoms with E-state index in [2.05, 4.69) is 13.2 Å². The smallest absolute Gasteiger partial charge is 0.101 e. The fraction of sp³-hybridized carbons (Fsp3) is 1.00. The van der Waals surface area contributed by atoms with Crippen molar-refractivity contribution in [3.8, 4) is 0 Å². The Kier molecular flexibility index (Phi) is 3.40. The Balaban J connectivity index is 2.13. The average molecular weight is 154 g/mol. The van der Waals surface area contributed by atoms with E-state index < -0.39 is 0 Å². The van der Waals surface area contributed by atoms with E-state index in [0.717, 1.165) is 19.4 Å². The third-order valence-corrected chi connectivity index (χ3v) is 2.50. The van der Waals surface area contributed by atoms with Gasteiger partial charge in [0, 0.05) is 0 Å². The molecule has 3 N–H and O–H groups in total. The summed E-state index contributed by atoms with van der Waals surface area (Å²) in [7, 11) is 2.23. The van der Waals surface area contributed by atoms with Crippen LogP contribution in [-0.4, -0.2) is 20.1 Å². The van der Waals surface area contributed by atoms with Crippen LogP contribution in [0.3, 0.4) is 0 Å². The van der Waals surface area contributed by atoms with E-state index in [4.69, 9.17) is 5.73 Å². The highest BCUT2D eigenvalue weighted by molar-refractivity contribution is 6.08. The van der Waals surface area contributed by atoms with Crippen molar-refractivity contribution >= 4 is 7.85 Å². The lowest BCUT2D eigenvalue weighted by atomic mass is 9.95. The first-order valence-electron chi connectivity index (χ1n) is 4.81. The van der Waals surface area contributed by atoms with Gasteiger partial charge in [-0.2, -0.15) is 0 Å². The molecular formula is C8H19BN2. The van der Waals surface area contributed by atoms with Gasteiger partial charge in [0.25, 0.3) is 0 Å². The minimum atomic E-state index is -0.00479. The van der Waals surface area contributed by atoms with Crippen LogP contribution < -0.4 is 11.1 Å². The molecule has 11 heavy (non-hydrogen) atoms. The number of unbranched alkanes of at least 4 members (excludes halogenated alkanes) is 1. The second-order valence-corrected chi connectivity index (χ2v) is 3.64. The van der Waals surface area contributed by atoms with Gasteiger partial charge in [-0.1, -0.05) is 19.2 Å². The molecule has 0 radical (unpaired) electrons. The van der Waals surface area contributed by atoms with Crippen LogP contribution in [0.25, 0.3) is 0 Å². The van der Waals surface area contributed by atoms with Gasteiger partial charge in [-0.05, 0) is 25.8 Å². The molecule has 0 bridgehead atoms. The Labute approximate surface area is 70.3 Å². The second-order valence-electron chi connectivity index (χ2n) is 3.64. The van der Waals surface area contributed by atoms with Crippen molar-refractivity contribution in [3.63, 3.8) is 0 Å². The lowest BCUT2D eigenvalue weighted by molar-refractivity contribution is 0.350. The van der Waals surface area contributed by atoms with E-state index in [-0.39, 0.29) is 5.66 Å². The summed E-state index contributed by atoms with van der Waals surface area (Å²) in [6.07, 6.45) is 7.46. The van der Waals surface area contributed by atoms with Crippen LogP contribution >= 0.6 is 0 Å². The highest BCUT2D eigenvalue weighted by atomic mass is 15.1. The molecule has 0 aliphatic carbocycles. The Hall–Kier alpha value is -0.0151. The first kappa shape index (κ1) is 9.08. The van der Waals surface area contributed by atoms with Gasteiger partial charge in [-0.15, -0.1) is 0 Å². The van der Waals surface area contributed by atoms with Crippen LogP contribution in [0.1, 0.15) is 32.1 Å². The van der Waals surface area contributed by atoms with Gasteiger partial charge in [0.15, 0.2) is 0 Å². The van der Waals surface area contributed by atoms with Crippen molar-refractivity contribution in [2.45, 2.75) is 44.1 Å². The molecular weight excluding hydrogens is 135 g/mol. The summed E-state index contributed by atoms with van der Waals surface area (Å²) in [6.45, 7) is 1.11. The molecule has 1 aliphatic heterocycles. The molecule has 1 atom stereocenters. The molecule has 1 rings (SSSR count). The van der Waals surface area contributed by atoms with Crippen molar-refractivity contribution in [3.05, 3.63) is 0 Å². The van der Waals surface area contributed by atoms with Crippen LogP contribution in [0.15, 0.2) is 0 Å². The maximum Gasteiger partial charge on any atom is 0.101 e. The maximum atomic E-state index is 6.09. The number of rotatable bonds is 4. The highest BCUT2D eigenvalue weighted by Crippen LogP contribution is 2.19. The number of hydrogen-bond donors (Lipinski definition) is 2. The van der Waals surface area contributed by atoms with Crippen molar-refractivity contribution in [1.29, 1.82) is 0 Å². The predicted octanol–water partition coefficient (Wildman–Crippen LogP) is 0.246. The molecule has 0 aromatic heterocycles. The van der Waals surface area contributed by atoms with E-state index in [1.54, 1.807) is 0 Å². The van der Waals surface area contributed by atoms with E-state index in [0.29, 0.717) is 0 Å². The molecule has 64 valence electrons. The zero-order chi connectivity index (χ0) is 8.16. The number of hydrogen-bond acceptors (Lipinski definition) is 2. The van der Waals surface area contributed by atoms with Gasteiger partial charge in [-0.3, -0.25) is 5.32 Å². The Morgan fingerprint density at radius 2 is 2.27 bits per heavy atom. The molecule has 0 spiro atoms. The normalized spacial score (nSPS) is 31.0. The van der Waals surface area contributed by atoms with E-state index in [9.17, 15) is 0 Å². The van der Waals surface area contributed by atoms with E-state index in [1.807, 2.05) is 0 Å². The van der Waals surface area contributed by atoms with Gasteiger partial charge in [-0.25, -0.2) is 0 Å². The summed E-state index contributed by atoms with van der Waals surface area (Å²) in [5, 5.41) is 3.37. The van der Waals surface area contributed by atoms with Crippen LogP contribution in [0.4, 0.5) is 0 Å². The number of nitrogens with one attached hydrogen (secondary N) is 1. The van der Waals surface area contributed by atoms with Crippen molar-refractivity contribution < 1.29 is 0 Å². The molecule has 0 saturated carbocycles. The monoisotopic (exact) mass is 154 g/mol. The minimum absolute atomic E-state index is 0.00479. The lowest BCUT2D eigenvalue weighted by Crippen LogP contribution is -2.48. The molecule has 1 heterocycles. The maximum absolute atomic E-state index is 6.09. The first-order valence-corrected chi connectivity index (χ1v) is 4.81. The SMILES string of the molecule is BCCCCC1(N)CCCN1. The van der Waals surface area contributed by atoms with Crippen LogP contribution in [0.5, 0.6) is 0 Å². The summed E-state index contributed by atoms with van der Waals surface area (Å²) in [5.41, 5.74) is 6.08. The summed E-state index contributed by atoms with van der Waals surface area (Å²) in [4.78, 5) is 0. The van der Waals surface area contributed by atoms with E-state index >= 15 is 0 Å². The summed E-state index contributed by atoms with van der Waals surface area (Å²) in [5.74, 6) is 0. The standard InChI is InChI=1S/C8H19BN2/c9-6-2-1-4-8(10)5-3-7-11-8/h11H,1-7,9-10H2. The summed E-state index contributed by atoms with van der Waals surface area (Å²) in [6, 6.07) is 0.